The number of Topliss-reactive ketones (excluding diaryl/α,β-unsaturated/α-hetero) is 1. The average molecular weight is 192 g/mol. The SMILES string of the molecule is CC(=O)CC=CC1(C)C=C(C)CCC1. The van der Waals surface area contributed by atoms with E-state index < -0.39 is 0 Å². The molecule has 0 radical (unpaired) electrons. The van der Waals surface area contributed by atoms with Gasteiger partial charge in [0.15, 0.2) is 0 Å². The summed E-state index contributed by atoms with van der Waals surface area (Å²) in [6, 6.07) is 0. The van der Waals surface area contributed by atoms with Crippen molar-refractivity contribution in [2.75, 3.05) is 0 Å². The second-order valence-electron chi connectivity index (χ2n) is 4.66. The van der Waals surface area contributed by atoms with E-state index in [9.17, 15) is 4.79 Å². The van der Waals surface area contributed by atoms with E-state index >= 15 is 0 Å². The molecule has 1 rings (SSSR count). The van der Waals surface area contributed by atoms with E-state index in [0.29, 0.717) is 6.42 Å². The van der Waals surface area contributed by atoms with E-state index in [1.54, 1.807) is 6.92 Å². The second-order valence-corrected chi connectivity index (χ2v) is 4.66. The lowest BCUT2D eigenvalue weighted by atomic mass is 9.78. The molecule has 0 aromatic heterocycles. The fraction of sp³-hybridized carbons (Fsp3) is 0.615. The van der Waals surface area contributed by atoms with Gasteiger partial charge in [-0.2, -0.15) is 0 Å². The van der Waals surface area contributed by atoms with Crippen LogP contribution in [0.1, 0.15) is 46.5 Å². The van der Waals surface area contributed by atoms with Crippen LogP contribution in [0, 0.1) is 5.41 Å². The zero-order valence-corrected chi connectivity index (χ0v) is 9.47. The van der Waals surface area contributed by atoms with Crippen LogP contribution in [0.4, 0.5) is 0 Å². The molecule has 0 aromatic carbocycles. The highest BCUT2D eigenvalue weighted by Crippen LogP contribution is 2.34. The summed E-state index contributed by atoms with van der Waals surface area (Å²) in [6.45, 7) is 6.07. The predicted molar refractivity (Wildman–Crippen MR) is 60.2 cm³/mol. The largest absolute Gasteiger partial charge is 0.300 e. The normalized spacial score (nSPS) is 27.8. The van der Waals surface area contributed by atoms with Crippen LogP contribution < -0.4 is 0 Å². The molecule has 0 heterocycles. The Morgan fingerprint density at radius 3 is 2.93 bits per heavy atom. The van der Waals surface area contributed by atoms with Crippen molar-refractivity contribution in [3.8, 4) is 0 Å². The molecule has 1 aliphatic rings. The van der Waals surface area contributed by atoms with Crippen LogP contribution >= 0.6 is 0 Å². The number of rotatable bonds is 3. The minimum absolute atomic E-state index is 0.192. The maximum absolute atomic E-state index is 10.8. The third-order valence-corrected chi connectivity index (χ3v) is 2.77. The summed E-state index contributed by atoms with van der Waals surface area (Å²) in [4.78, 5) is 10.8. The van der Waals surface area contributed by atoms with Gasteiger partial charge in [0.1, 0.15) is 5.78 Å². The van der Waals surface area contributed by atoms with Gasteiger partial charge in [0.25, 0.3) is 0 Å². The lowest BCUT2D eigenvalue weighted by Gasteiger charge is -2.27. The molecular formula is C13H20O. The van der Waals surface area contributed by atoms with Crippen molar-refractivity contribution in [2.45, 2.75) is 46.5 Å². The zero-order chi connectivity index (χ0) is 10.6. The van der Waals surface area contributed by atoms with E-state index in [2.05, 4.69) is 26.0 Å². The fourth-order valence-electron chi connectivity index (χ4n) is 2.08. The zero-order valence-electron chi connectivity index (χ0n) is 9.47. The molecular weight excluding hydrogens is 172 g/mol. The first-order valence-corrected chi connectivity index (χ1v) is 5.37. The lowest BCUT2D eigenvalue weighted by Crippen LogP contribution is -2.14. The molecule has 0 aromatic rings. The van der Waals surface area contributed by atoms with E-state index in [4.69, 9.17) is 0 Å². The molecule has 78 valence electrons. The molecule has 0 N–H and O–H groups in total. The number of ketones is 1. The van der Waals surface area contributed by atoms with Gasteiger partial charge >= 0.3 is 0 Å². The van der Waals surface area contributed by atoms with Gasteiger partial charge in [-0.15, -0.1) is 0 Å². The number of hydrogen-bond donors (Lipinski definition) is 0. The Balaban J connectivity index is 2.61. The molecule has 1 heteroatoms. The highest BCUT2D eigenvalue weighted by Gasteiger charge is 2.20. The Morgan fingerprint density at radius 1 is 1.64 bits per heavy atom. The summed E-state index contributed by atoms with van der Waals surface area (Å²) in [5.74, 6) is 0.237. The van der Waals surface area contributed by atoms with Crippen LogP contribution in [-0.4, -0.2) is 5.78 Å². The van der Waals surface area contributed by atoms with Crippen LogP contribution in [0.15, 0.2) is 23.8 Å². The minimum Gasteiger partial charge on any atom is -0.300 e. The van der Waals surface area contributed by atoms with Crippen LogP contribution in [0.25, 0.3) is 0 Å². The Bertz CT molecular complexity index is 273. The van der Waals surface area contributed by atoms with Gasteiger partial charge in [-0.3, -0.25) is 4.79 Å². The molecule has 1 nitrogen and oxygen atoms in total. The molecule has 1 aliphatic carbocycles. The Labute approximate surface area is 86.9 Å². The number of allylic oxidation sites excluding steroid dienone is 4. The number of hydrogen-bond acceptors (Lipinski definition) is 1. The number of carbonyl (C=O) groups excluding carboxylic acids is 1. The van der Waals surface area contributed by atoms with Crippen LogP contribution in [0.3, 0.4) is 0 Å². The van der Waals surface area contributed by atoms with Crippen LogP contribution in [-0.2, 0) is 4.79 Å². The first-order valence-electron chi connectivity index (χ1n) is 5.37. The topological polar surface area (TPSA) is 17.1 Å². The highest BCUT2D eigenvalue weighted by molar-refractivity contribution is 5.76. The average Bonchev–Trinajstić information content (AvgIpc) is 2.01. The molecule has 0 saturated carbocycles. The first kappa shape index (κ1) is 11.2. The molecule has 0 aliphatic heterocycles. The summed E-state index contributed by atoms with van der Waals surface area (Å²) in [5.41, 5.74) is 1.67. The van der Waals surface area contributed by atoms with Gasteiger partial charge in [0, 0.05) is 11.8 Å². The molecule has 0 bridgehead atoms. The molecule has 0 amide bonds. The summed E-state index contributed by atoms with van der Waals surface area (Å²) in [7, 11) is 0. The summed E-state index contributed by atoms with van der Waals surface area (Å²) >= 11 is 0. The predicted octanol–water partition coefficient (Wildman–Crippen LogP) is 3.66. The molecule has 0 fully saturated rings. The third kappa shape index (κ3) is 3.49. The van der Waals surface area contributed by atoms with Crippen molar-refractivity contribution in [1.29, 1.82) is 0 Å². The highest BCUT2D eigenvalue weighted by atomic mass is 16.1. The van der Waals surface area contributed by atoms with Gasteiger partial charge in [0.05, 0.1) is 0 Å². The summed E-state index contributed by atoms with van der Waals surface area (Å²) < 4.78 is 0. The van der Waals surface area contributed by atoms with Crippen molar-refractivity contribution < 1.29 is 4.79 Å². The van der Waals surface area contributed by atoms with Gasteiger partial charge in [0.2, 0.25) is 0 Å². The maximum atomic E-state index is 10.8. The van der Waals surface area contributed by atoms with Crippen molar-refractivity contribution in [2.24, 2.45) is 5.41 Å². The second kappa shape index (κ2) is 4.59. The van der Waals surface area contributed by atoms with Crippen LogP contribution in [0.2, 0.25) is 0 Å². The van der Waals surface area contributed by atoms with Crippen LogP contribution in [0.5, 0.6) is 0 Å². The standard InChI is InChI=1S/C13H20O/c1-11-6-4-8-13(3,10-11)9-5-7-12(2)14/h5,9-10H,4,6-8H2,1-3H3. The van der Waals surface area contributed by atoms with Gasteiger partial charge in [-0.05, 0) is 33.1 Å². The quantitative estimate of drug-likeness (QED) is 0.624. The molecule has 1 unspecified atom stereocenters. The Morgan fingerprint density at radius 2 is 2.36 bits per heavy atom. The van der Waals surface area contributed by atoms with Gasteiger partial charge < -0.3 is 0 Å². The summed E-state index contributed by atoms with van der Waals surface area (Å²) in [6.07, 6.45) is 10.8. The Kier molecular flexibility index (Phi) is 3.68. The van der Waals surface area contributed by atoms with E-state index in [1.807, 2.05) is 6.08 Å². The van der Waals surface area contributed by atoms with Crippen molar-refractivity contribution in [3.63, 3.8) is 0 Å². The molecule has 0 spiro atoms. The molecule has 1 atom stereocenters. The fourth-order valence-corrected chi connectivity index (χ4v) is 2.08. The monoisotopic (exact) mass is 192 g/mol. The smallest absolute Gasteiger partial charge is 0.133 e. The van der Waals surface area contributed by atoms with E-state index in [-0.39, 0.29) is 11.2 Å². The molecule has 14 heavy (non-hydrogen) atoms. The third-order valence-electron chi connectivity index (χ3n) is 2.77. The Hall–Kier alpha value is -0.850. The van der Waals surface area contributed by atoms with E-state index in [0.717, 1.165) is 0 Å². The summed E-state index contributed by atoms with van der Waals surface area (Å²) in [5, 5.41) is 0. The van der Waals surface area contributed by atoms with E-state index in [1.165, 1.54) is 24.8 Å². The van der Waals surface area contributed by atoms with Gasteiger partial charge in [-0.25, -0.2) is 0 Å². The first-order chi connectivity index (χ1) is 6.52. The molecule has 0 saturated heterocycles. The van der Waals surface area contributed by atoms with Crippen molar-refractivity contribution >= 4 is 5.78 Å². The number of carbonyl (C=O) groups is 1. The lowest BCUT2D eigenvalue weighted by molar-refractivity contribution is -0.116. The van der Waals surface area contributed by atoms with Gasteiger partial charge in [-0.1, -0.05) is 30.7 Å². The van der Waals surface area contributed by atoms with Crippen molar-refractivity contribution in [3.05, 3.63) is 23.8 Å². The minimum atomic E-state index is 0.192. The van der Waals surface area contributed by atoms with Crippen molar-refractivity contribution in [1.82, 2.24) is 0 Å². The maximum Gasteiger partial charge on any atom is 0.133 e.